The summed E-state index contributed by atoms with van der Waals surface area (Å²) in [4.78, 5) is 31.3. The summed E-state index contributed by atoms with van der Waals surface area (Å²) >= 11 is 0. The normalized spacial score (nSPS) is 33.1. The van der Waals surface area contributed by atoms with E-state index >= 15 is 0 Å². The lowest BCUT2D eigenvalue weighted by Gasteiger charge is -2.45. The van der Waals surface area contributed by atoms with Gasteiger partial charge in [0.25, 0.3) is 5.91 Å². The molecule has 2 amide bonds. The first-order valence-electron chi connectivity index (χ1n) is 9.65. The van der Waals surface area contributed by atoms with Crippen LogP contribution in [0.1, 0.15) is 55.8 Å². The minimum Gasteiger partial charge on any atom is -0.349 e. The van der Waals surface area contributed by atoms with Gasteiger partial charge in [-0.2, -0.15) is 0 Å². The van der Waals surface area contributed by atoms with Gasteiger partial charge < -0.3 is 10.2 Å². The van der Waals surface area contributed by atoms with E-state index in [-0.39, 0.29) is 22.8 Å². The molecule has 1 unspecified atom stereocenters. The van der Waals surface area contributed by atoms with E-state index in [1.165, 1.54) is 0 Å². The van der Waals surface area contributed by atoms with E-state index in [9.17, 15) is 9.59 Å². The number of hydrogen-bond donors (Lipinski definition) is 1. The van der Waals surface area contributed by atoms with Crippen LogP contribution in [-0.4, -0.2) is 40.8 Å². The van der Waals surface area contributed by atoms with Gasteiger partial charge in [0.05, 0.1) is 5.41 Å². The first-order chi connectivity index (χ1) is 12.5. The summed E-state index contributed by atoms with van der Waals surface area (Å²) in [6.07, 6.45) is 13.4. The molecule has 1 aliphatic heterocycles. The summed E-state index contributed by atoms with van der Waals surface area (Å²) in [6, 6.07) is 3.69. The Kier molecular flexibility index (Phi) is 4.33. The predicted molar refractivity (Wildman–Crippen MR) is 99.5 cm³/mol. The summed E-state index contributed by atoms with van der Waals surface area (Å²) < 4.78 is 0. The number of carbonyl (C=O) groups is 2. The third kappa shape index (κ3) is 3.15. The van der Waals surface area contributed by atoms with Crippen LogP contribution in [0.25, 0.3) is 0 Å². The molecule has 2 aliphatic carbocycles. The van der Waals surface area contributed by atoms with Crippen LogP contribution in [-0.2, 0) is 4.79 Å². The lowest BCUT2D eigenvalue weighted by molar-refractivity contribution is -0.141. The van der Waals surface area contributed by atoms with Crippen LogP contribution in [0.3, 0.4) is 0 Å². The van der Waals surface area contributed by atoms with Crippen molar-refractivity contribution in [3.8, 4) is 0 Å². The van der Waals surface area contributed by atoms with Gasteiger partial charge >= 0.3 is 0 Å². The van der Waals surface area contributed by atoms with Crippen LogP contribution in [0, 0.1) is 10.8 Å². The number of nitrogens with one attached hydrogen (secondary N) is 1. The summed E-state index contributed by atoms with van der Waals surface area (Å²) in [5.41, 5.74) is 0.647. The van der Waals surface area contributed by atoms with E-state index in [1.54, 1.807) is 24.5 Å². The van der Waals surface area contributed by atoms with Gasteiger partial charge in [0, 0.05) is 37.1 Å². The van der Waals surface area contributed by atoms with Crippen LogP contribution < -0.4 is 5.32 Å². The van der Waals surface area contributed by atoms with Crippen molar-refractivity contribution < 1.29 is 9.59 Å². The number of carbonyl (C=O) groups excluding carboxylic acids is 2. The fraction of sp³-hybridized carbons (Fsp3) is 0.571. The third-order valence-corrected chi connectivity index (χ3v) is 6.48. The number of likely N-dealkylation sites (tertiary alicyclic amines) is 1. The van der Waals surface area contributed by atoms with Crippen LogP contribution >= 0.6 is 0 Å². The van der Waals surface area contributed by atoms with Gasteiger partial charge in [-0.05, 0) is 56.1 Å². The van der Waals surface area contributed by atoms with Crippen molar-refractivity contribution in [1.82, 2.24) is 15.2 Å². The van der Waals surface area contributed by atoms with Gasteiger partial charge in [0.2, 0.25) is 5.91 Å². The molecule has 26 heavy (non-hydrogen) atoms. The number of amides is 2. The highest BCUT2D eigenvalue weighted by Crippen LogP contribution is 2.49. The molecular formula is C21H27N3O2. The summed E-state index contributed by atoms with van der Waals surface area (Å²) in [7, 11) is 0. The highest BCUT2D eigenvalue weighted by molar-refractivity contribution is 5.94. The second-order valence-electron chi connectivity index (χ2n) is 8.57. The average molecular weight is 353 g/mol. The molecule has 1 saturated heterocycles. The van der Waals surface area contributed by atoms with E-state index in [1.807, 2.05) is 0 Å². The molecule has 1 spiro atoms. The molecule has 5 nitrogen and oxygen atoms in total. The van der Waals surface area contributed by atoms with E-state index in [0.29, 0.717) is 11.5 Å². The lowest BCUT2D eigenvalue weighted by Crippen LogP contribution is -2.52. The van der Waals surface area contributed by atoms with E-state index < -0.39 is 0 Å². The monoisotopic (exact) mass is 353 g/mol. The Morgan fingerprint density at radius 2 is 1.96 bits per heavy atom. The molecule has 0 aromatic carbocycles. The van der Waals surface area contributed by atoms with Crippen molar-refractivity contribution >= 4 is 11.8 Å². The molecule has 1 N–H and O–H groups in total. The minimum atomic E-state index is -0.223. The van der Waals surface area contributed by atoms with Crippen LogP contribution in [0.5, 0.6) is 0 Å². The van der Waals surface area contributed by atoms with Crippen LogP contribution in [0.15, 0.2) is 36.7 Å². The smallest absolute Gasteiger partial charge is 0.251 e. The van der Waals surface area contributed by atoms with Gasteiger partial charge in [-0.1, -0.05) is 19.1 Å². The van der Waals surface area contributed by atoms with Crippen molar-refractivity contribution in [3.05, 3.63) is 42.2 Å². The standard InChI is InChI=1S/C21H27N3O2/c1-20(7-3-2-4-8-20)19(26)24-12-9-21(15-24)13-17(14-21)23-18(25)16-5-10-22-11-6-16/h2-3,5-6,10-11,17H,4,7-9,12-15H2,1H3,(H,23,25). The molecule has 1 atom stereocenters. The molecule has 2 heterocycles. The summed E-state index contributed by atoms with van der Waals surface area (Å²) in [6.45, 7) is 3.83. The van der Waals surface area contributed by atoms with Crippen molar-refractivity contribution in [1.29, 1.82) is 0 Å². The molecule has 0 radical (unpaired) electrons. The summed E-state index contributed by atoms with van der Waals surface area (Å²) in [5, 5.41) is 3.12. The third-order valence-electron chi connectivity index (χ3n) is 6.48. The van der Waals surface area contributed by atoms with Gasteiger partial charge in [-0.25, -0.2) is 0 Å². The number of aromatic nitrogens is 1. The molecule has 1 aromatic rings. The largest absolute Gasteiger partial charge is 0.349 e. The van der Waals surface area contributed by atoms with Crippen molar-refractivity contribution in [2.45, 2.75) is 51.5 Å². The Morgan fingerprint density at radius 3 is 2.65 bits per heavy atom. The Hall–Kier alpha value is -2.17. The van der Waals surface area contributed by atoms with Gasteiger partial charge in [0.1, 0.15) is 0 Å². The van der Waals surface area contributed by atoms with Crippen molar-refractivity contribution in [2.75, 3.05) is 13.1 Å². The molecule has 0 bridgehead atoms. The highest BCUT2D eigenvalue weighted by Gasteiger charge is 2.51. The number of nitrogens with zero attached hydrogens (tertiary/aromatic N) is 2. The van der Waals surface area contributed by atoms with E-state index in [0.717, 1.165) is 51.6 Å². The lowest BCUT2D eigenvalue weighted by atomic mass is 9.65. The average Bonchev–Trinajstić information content (AvgIpc) is 3.07. The molecule has 138 valence electrons. The van der Waals surface area contributed by atoms with E-state index in [4.69, 9.17) is 0 Å². The molecule has 2 fully saturated rings. The van der Waals surface area contributed by atoms with Gasteiger partial charge in [-0.3, -0.25) is 14.6 Å². The Bertz CT molecular complexity index is 724. The Labute approximate surface area is 154 Å². The Balaban J connectivity index is 1.30. The zero-order valence-electron chi connectivity index (χ0n) is 15.4. The highest BCUT2D eigenvalue weighted by atomic mass is 16.2. The number of allylic oxidation sites excluding steroid dienone is 2. The molecule has 3 aliphatic rings. The first-order valence-corrected chi connectivity index (χ1v) is 9.65. The first kappa shape index (κ1) is 17.3. The van der Waals surface area contributed by atoms with Crippen LogP contribution in [0.2, 0.25) is 0 Å². The maximum atomic E-state index is 13.0. The van der Waals surface area contributed by atoms with Gasteiger partial charge in [0.15, 0.2) is 0 Å². The molecule has 1 saturated carbocycles. The number of pyridine rings is 1. The molecule has 1 aromatic heterocycles. The summed E-state index contributed by atoms with van der Waals surface area (Å²) in [5.74, 6) is 0.294. The predicted octanol–water partition coefficient (Wildman–Crippen LogP) is 2.94. The fourth-order valence-corrected chi connectivity index (χ4v) is 4.84. The minimum absolute atomic E-state index is 0.0281. The maximum absolute atomic E-state index is 13.0. The van der Waals surface area contributed by atoms with Crippen molar-refractivity contribution in [2.24, 2.45) is 10.8 Å². The molecule has 5 heteroatoms. The fourth-order valence-electron chi connectivity index (χ4n) is 4.84. The quantitative estimate of drug-likeness (QED) is 0.850. The zero-order valence-corrected chi connectivity index (χ0v) is 15.4. The van der Waals surface area contributed by atoms with Gasteiger partial charge in [-0.15, -0.1) is 0 Å². The SMILES string of the molecule is CC1(C(=O)N2CCC3(CC(NC(=O)c4ccncc4)C3)C2)CC=CCC1. The van der Waals surface area contributed by atoms with E-state index in [2.05, 4.69) is 34.3 Å². The van der Waals surface area contributed by atoms with Crippen molar-refractivity contribution in [3.63, 3.8) is 0 Å². The molecule has 4 rings (SSSR count). The number of hydrogen-bond acceptors (Lipinski definition) is 3. The second kappa shape index (κ2) is 6.53. The zero-order chi connectivity index (χ0) is 18.2. The topological polar surface area (TPSA) is 62.3 Å². The Morgan fingerprint density at radius 1 is 1.19 bits per heavy atom. The molecular weight excluding hydrogens is 326 g/mol. The number of rotatable bonds is 3. The van der Waals surface area contributed by atoms with Crippen LogP contribution in [0.4, 0.5) is 0 Å². The second-order valence-corrected chi connectivity index (χ2v) is 8.57. The maximum Gasteiger partial charge on any atom is 0.251 e.